The molecular weight excluding hydrogens is 174 g/mol. The lowest BCUT2D eigenvalue weighted by atomic mass is 10.0. The molecule has 2 saturated carbocycles. The van der Waals surface area contributed by atoms with E-state index < -0.39 is 0 Å². The largest absolute Gasteiger partial charge is 0.377 e. The van der Waals surface area contributed by atoms with Crippen LogP contribution < -0.4 is 5.32 Å². The molecule has 2 nitrogen and oxygen atoms in total. The Hall–Kier alpha value is -0.0800. The van der Waals surface area contributed by atoms with Gasteiger partial charge in [0.15, 0.2) is 0 Å². The molecular formula is C12H23NO. The molecule has 0 aromatic carbocycles. The highest BCUT2D eigenvalue weighted by Gasteiger charge is 2.43. The van der Waals surface area contributed by atoms with Crippen molar-refractivity contribution in [1.29, 1.82) is 0 Å². The Kier molecular flexibility index (Phi) is 3.45. The number of ether oxygens (including phenoxy) is 1. The third-order valence-corrected chi connectivity index (χ3v) is 3.37. The van der Waals surface area contributed by atoms with Crippen molar-refractivity contribution in [2.24, 2.45) is 11.8 Å². The summed E-state index contributed by atoms with van der Waals surface area (Å²) in [6, 6.07) is 0.646. The van der Waals surface area contributed by atoms with Gasteiger partial charge in [0.1, 0.15) is 0 Å². The predicted octanol–water partition coefficient (Wildman–Crippen LogP) is 2.19. The molecule has 0 radical (unpaired) electrons. The van der Waals surface area contributed by atoms with Gasteiger partial charge in [-0.25, -0.2) is 0 Å². The monoisotopic (exact) mass is 197 g/mol. The molecule has 0 aromatic rings. The highest BCUT2D eigenvalue weighted by atomic mass is 16.5. The van der Waals surface area contributed by atoms with Gasteiger partial charge in [-0.2, -0.15) is 0 Å². The Bertz CT molecular complexity index is 155. The van der Waals surface area contributed by atoms with Crippen LogP contribution in [-0.2, 0) is 4.74 Å². The highest BCUT2D eigenvalue weighted by molar-refractivity contribution is 4.97. The van der Waals surface area contributed by atoms with Gasteiger partial charge >= 0.3 is 0 Å². The Balaban J connectivity index is 1.90. The highest BCUT2D eigenvalue weighted by Crippen LogP contribution is 2.42. The van der Waals surface area contributed by atoms with Gasteiger partial charge in [0, 0.05) is 12.6 Å². The van der Waals surface area contributed by atoms with E-state index in [-0.39, 0.29) is 0 Å². The molecule has 2 atom stereocenters. The second-order valence-corrected chi connectivity index (χ2v) is 4.68. The predicted molar refractivity (Wildman–Crippen MR) is 58.3 cm³/mol. The Morgan fingerprint density at radius 2 is 1.79 bits per heavy atom. The first-order chi connectivity index (χ1) is 6.86. The minimum atomic E-state index is 0.507. The maximum atomic E-state index is 5.92. The zero-order valence-corrected chi connectivity index (χ0v) is 9.46. The summed E-state index contributed by atoms with van der Waals surface area (Å²) in [6.07, 6.45) is 6.10. The van der Waals surface area contributed by atoms with Crippen LogP contribution in [0.4, 0.5) is 0 Å². The molecule has 1 N–H and O–H groups in total. The summed E-state index contributed by atoms with van der Waals surface area (Å²) in [5, 5.41) is 3.63. The fourth-order valence-corrected chi connectivity index (χ4v) is 2.39. The normalized spacial score (nSPS) is 26.1. The lowest BCUT2D eigenvalue weighted by Gasteiger charge is -2.27. The summed E-state index contributed by atoms with van der Waals surface area (Å²) in [5.74, 6) is 1.77. The third-order valence-electron chi connectivity index (χ3n) is 3.37. The maximum Gasteiger partial charge on any atom is 0.0758 e. The van der Waals surface area contributed by atoms with Gasteiger partial charge in [-0.15, -0.1) is 0 Å². The molecule has 0 aliphatic heterocycles. The molecule has 2 unspecified atom stereocenters. The van der Waals surface area contributed by atoms with Crippen LogP contribution in [0.3, 0.4) is 0 Å². The number of nitrogens with one attached hydrogen (secondary N) is 1. The van der Waals surface area contributed by atoms with Crippen LogP contribution >= 0.6 is 0 Å². The molecule has 0 amide bonds. The van der Waals surface area contributed by atoms with Crippen molar-refractivity contribution in [2.45, 2.75) is 51.7 Å². The lowest BCUT2D eigenvalue weighted by Crippen LogP contribution is -2.44. The molecule has 2 aliphatic carbocycles. The fourth-order valence-electron chi connectivity index (χ4n) is 2.39. The van der Waals surface area contributed by atoms with Crippen LogP contribution in [0.2, 0.25) is 0 Å². The zero-order valence-electron chi connectivity index (χ0n) is 9.46. The smallest absolute Gasteiger partial charge is 0.0758 e. The van der Waals surface area contributed by atoms with Crippen LogP contribution in [-0.4, -0.2) is 25.3 Å². The molecule has 2 aliphatic rings. The van der Waals surface area contributed by atoms with E-state index in [0.29, 0.717) is 12.1 Å². The van der Waals surface area contributed by atoms with Crippen LogP contribution in [0.5, 0.6) is 0 Å². The SMILES string of the molecule is CCNC(C1CC1)C(OCC)C1CC1. The van der Waals surface area contributed by atoms with E-state index in [1.54, 1.807) is 0 Å². The van der Waals surface area contributed by atoms with E-state index in [0.717, 1.165) is 25.0 Å². The van der Waals surface area contributed by atoms with Gasteiger partial charge in [0.05, 0.1) is 6.10 Å². The lowest BCUT2D eigenvalue weighted by molar-refractivity contribution is 0.0138. The minimum Gasteiger partial charge on any atom is -0.377 e. The molecule has 0 heterocycles. The fraction of sp³-hybridized carbons (Fsp3) is 1.00. The van der Waals surface area contributed by atoms with Crippen molar-refractivity contribution in [3.8, 4) is 0 Å². The average Bonchev–Trinajstić information content (AvgIpc) is 3.05. The molecule has 2 rings (SSSR count). The van der Waals surface area contributed by atoms with E-state index in [2.05, 4.69) is 19.2 Å². The first kappa shape index (κ1) is 10.4. The second-order valence-electron chi connectivity index (χ2n) is 4.68. The van der Waals surface area contributed by atoms with E-state index in [9.17, 15) is 0 Å². The molecule has 82 valence electrons. The summed E-state index contributed by atoms with van der Waals surface area (Å²) in [7, 11) is 0. The molecule has 0 aromatic heterocycles. The van der Waals surface area contributed by atoms with Crippen LogP contribution in [0.25, 0.3) is 0 Å². The summed E-state index contributed by atoms with van der Waals surface area (Å²) < 4.78 is 5.92. The Morgan fingerprint density at radius 3 is 2.21 bits per heavy atom. The molecule has 2 fully saturated rings. The first-order valence-electron chi connectivity index (χ1n) is 6.21. The number of rotatable bonds is 7. The van der Waals surface area contributed by atoms with Gasteiger partial charge in [-0.3, -0.25) is 0 Å². The third kappa shape index (κ3) is 2.48. The van der Waals surface area contributed by atoms with Crippen molar-refractivity contribution in [2.75, 3.05) is 13.2 Å². The van der Waals surface area contributed by atoms with E-state index in [4.69, 9.17) is 4.74 Å². The topological polar surface area (TPSA) is 21.3 Å². The Morgan fingerprint density at radius 1 is 1.14 bits per heavy atom. The van der Waals surface area contributed by atoms with Gasteiger partial charge in [0.2, 0.25) is 0 Å². The van der Waals surface area contributed by atoms with Crippen molar-refractivity contribution >= 4 is 0 Å². The van der Waals surface area contributed by atoms with Crippen LogP contribution in [0.15, 0.2) is 0 Å². The van der Waals surface area contributed by atoms with Gasteiger partial charge in [-0.05, 0) is 51.0 Å². The van der Waals surface area contributed by atoms with Gasteiger partial charge in [0.25, 0.3) is 0 Å². The standard InChI is InChI=1S/C12H23NO/c1-3-13-11(9-5-6-9)12(14-4-2)10-7-8-10/h9-13H,3-8H2,1-2H3. The molecule has 14 heavy (non-hydrogen) atoms. The van der Waals surface area contributed by atoms with Gasteiger partial charge < -0.3 is 10.1 Å². The van der Waals surface area contributed by atoms with Crippen molar-refractivity contribution in [3.05, 3.63) is 0 Å². The minimum absolute atomic E-state index is 0.507. The Labute approximate surface area is 87.4 Å². The summed E-state index contributed by atoms with van der Waals surface area (Å²) in [6.45, 7) is 6.27. The number of hydrogen-bond donors (Lipinski definition) is 1. The maximum absolute atomic E-state index is 5.92. The quantitative estimate of drug-likeness (QED) is 0.675. The first-order valence-corrected chi connectivity index (χ1v) is 6.21. The van der Waals surface area contributed by atoms with Crippen LogP contribution in [0, 0.1) is 11.8 Å². The average molecular weight is 197 g/mol. The summed E-state index contributed by atoms with van der Waals surface area (Å²) in [5.41, 5.74) is 0. The van der Waals surface area contributed by atoms with Crippen molar-refractivity contribution < 1.29 is 4.74 Å². The van der Waals surface area contributed by atoms with E-state index in [1.165, 1.54) is 25.7 Å². The van der Waals surface area contributed by atoms with E-state index >= 15 is 0 Å². The summed E-state index contributed by atoms with van der Waals surface area (Å²) >= 11 is 0. The van der Waals surface area contributed by atoms with Crippen LogP contribution in [0.1, 0.15) is 39.5 Å². The second kappa shape index (κ2) is 4.63. The number of hydrogen-bond acceptors (Lipinski definition) is 2. The van der Waals surface area contributed by atoms with Gasteiger partial charge in [-0.1, -0.05) is 6.92 Å². The van der Waals surface area contributed by atoms with E-state index in [1.807, 2.05) is 0 Å². The zero-order chi connectivity index (χ0) is 9.97. The summed E-state index contributed by atoms with van der Waals surface area (Å²) in [4.78, 5) is 0. The molecule has 2 heteroatoms. The molecule has 0 saturated heterocycles. The van der Waals surface area contributed by atoms with Crippen molar-refractivity contribution in [3.63, 3.8) is 0 Å². The number of likely N-dealkylation sites (N-methyl/N-ethyl adjacent to an activating group) is 1. The molecule has 0 spiro atoms. The van der Waals surface area contributed by atoms with Crippen molar-refractivity contribution in [1.82, 2.24) is 5.32 Å². The molecule has 0 bridgehead atoms.